The van der Waals surface area contributed by atoms with Crippen LogP contribution in [0.5, 0.6) is 0 Å². The van der Waals surface area contributed by atoms with Crippen LogP contribution in [0.2, 0.25) is 0 Å². The van der Waals surface area contributed by atoms with Gasteiger partial charge >= 0.3 is 0 Å². The minimum absolute atomic E-state index is 0.389. The highest BCUT2D eigenvalue weighted by atomic mass is 32.1. The summed E-state index contributed by atoms with van der Waals surface area (Å²) in [5, 5.41) is 3.02. The number of nitrogen functional groups attached to an aromatic ring is 1. The van der Waals surface area contributed by atoms with E-state index in [9.17, 15) is 0 Å². The standard InChI is InChI=1S/C14H21N5S/c1-14(2)5-3-6-19(9-14)8-11-16-12(18-15)10-4-7-20-13(10)17-11/h4,7H,3,5-6,8-9,15H2,1-2H3,(H,16,17,18). The molecule has 1 aliphatic heterocycles. The van der Waals surface area contributed by atoms with Crippen LogP contribution in [0.25, 0.3) is 10.2 Å². The number of anilines is 1. The quantitative estimate of drug-likeness (QED) is 0.672. The van der Waals surface area contributed by atoms with Crippen LogP contribution in [0.1, 0.15) is 32.5 Å². The normalized spacial score (nSPS) is 19.4. The van der Waals surface area contributed by atoms with Crippen LogP contribution in [0.3, 0.4) is 0 Å². The molecule has 0 bridgehead atoms. The van der Waals surface area contributed by atoms with Gasteiger partial charge in [0.1, 0.15) is 10.7 Å². The lowest BCUT2D eigenvalue weighted by atomic mass is 9.84. The highest BCUT2D eigenvalue weighted by Crippen LogP contribution is 2.30. The second-order valence-corrected chi connectivity index (χ2v) is 7.15. The van der Waals surface area contributed by atoms with E-state index in [0.29, 0.717) is 5.41 Å². The van der Waals surface area contributed by atoms with Crippen molar-refractivity contribution in [2.45, 2.75) is 33.2 Å². The van der Waals surface area contributed by atoms with Crippen LogP contribution in [0.15, 0.2) is 11.4 Å². The van der Waals surface area contributed by atoms with E-state index < -0.39 is 0 Å². The molecule has 3 rings (SSSR count). The highest BCUT2D eigenvalue weighted by molar-refractivity contribution is 7.16. The Bertz CT molecular complexity index is 607. The van der Waals surface area contributed by atoms with E-state index in [4.69, 9.17) is 5.84 Å². The van der Waals surface area contributed by atoms with E-state index in [1.807, 2.05) is 11.4 Å². The minimum atomic E-state index is 0.389. The molecule has 0 aliphatic carbocycles. The number of likely N-dealkylation sites (tertiary alicyclic amines) is 1. The molecule has 1 aliphatic rings. The fraction of sp³-hybridized carbons (Fsp3) is 0.571. The zero-order chi connectivity index (χ0) is 14.2. The number of piperidine rings is 1. The van der Waals surface area contributed by atoms with Gasteiger partial charge in [0.2, 0.25) is 0 Å². The summed E-state index contributed by atoms with van der Waals surface area (Å²) in [6.07, 6.45) is 2.54. The number of nitrogens with one attached hydrogen (secondary N) is 1. The second-order valence-electron chi connectivity index (χ2n) is 6.25. The Labute approximate surface area is 123 Å². The molecule has 3 N–H and O–H groups in total. The first-order valence-corrected chi connectivity index (χ1v) is 7.88. The molecule has 0 saturated carbocycles. The van der Waals surface area contributed by atoms with Gasteiger partial charge in [-0.1, -0.05) is 13.8 Å². The van der Waals surface area contributed by atoms with Crippen molar-refractivity contribution in [1.29, 1.82) is 0 Å². The van der Waals surface area contributed by atoms with Gasteiger partial charge in [-0.05, 0) is 36.2 Å². The van der Waals surface area contributed by atoms with Crippen LogP contribution in [0, 0.1) is 5.41 Å². The van der Waals surface area contributed by atoms with E-state index in [-0.39, 0.29) is 0 Å². The summed E-state index contributed by atoms with van der Waals surface area (Å²) in [4.78, 5) is 12.6. The van der Waals surface area contributed by atoms with Crippen LogP contribution in [0.4, 0.5) is 5.82 Å². The smallest absolute Gasteiger partial charge is 0.152 e. The summed E-state index contributed by atoms with van der Waals surface area (Å²) in [7, 11) is 0. The lowest BCUT2D eigenvalue weighted by Crippen LogP contribution is -2.39. The van der Waals surface area contributed by atoms with E-state index in [1.54, 1.807) is 11.3 Å². The Morgan fingerprint density at radius 1 is 1.45 bits per heavy atom. The largest absolute Gasteiger partial charge is 0.308 e. The fourth-order valence-electron chi connectivity index (χ4n) is 2.96. The van der Waals surface area contributed by atoms with Gasteiger partial charge in [0.05, 0.1) is 11.9 Å². The molecule has 1 saturated heterocycles. The minimum Gasteiger partial charge on any atom is -0.308 e. The van der Waals surface area contributed by atoms with E-state index in [2.05, 4.69) is 34.1 Å². The van der Waals surface area contributed by atoms with Crippen molar-refractivity contribution in [2.24, 2.45) is 11.3 Å². The maximum Gasteiger partial charge on any atom is 0.152 e. The summed E-state index contributed by atoms with van der Waals surface area (Å²) in [6.45, 7) is 7.68. The third-order valence-corrected chi connectivity index (χ3v) is 4.66. The SMILES string of the molecule is CC1(C)CCCN(Cc2nc(NN)c3ccsc3n2)C1. The Morgan fingerprint density at radius 3 is 3.05 bits per heavy atom. The Balaban J connectivity index is 1.83. The lowest BCUT2D eigenvalue weighted by Gasteiger charge is -2.37. The average molecular weight is 291 g/mol. The van der Waals surface area contributed by atoms with E-state index in [1.165, 1.54) is 12.8 Å². The molecule has 0 aromatic carbocycles. The van der Waals surface area contributed by atoms with Crippen LogP contribution in [-0.4, -0.2) is 28.0 Å². The van der Waals surface area contributed by atoms with Crippen LogP contribution in [-0.2, 0) is 6.54 Å². The fourth-order valence-corrected chi connectivity index (χ4v) is 3.74. The van der Waals surface area contributed by atoms with Crippen molar-refractivity contribution in [3.05, 3.63) is 17.3 Å². The van der Waals surface area contributed by atoms with Gasteiger partial charge in [0.25, 0.3) is 0 Å². The lowest BCUT2D eigenvalue weighted by molar-refractivity contribution is 0.109. The topological polar surface area (TPSA) is 67.1 Å². The van der Waals surface area contributed by atoms with Crippen molar-refractivity contribution >= 4 is 27.4 Å². The summed E-state index contributed by atoms with van der Waals surface area (Å²) in [6, 6.07) is 2.00. The molecule has 5 nitrogen and oxygen atoms in total. The molecule has 0 radical (unpaired) electrons. The van der Waals surface area contributed by atoms with Gasteiger partial charge in [0.15, 0.2) is 5.82 Å². The number of rotatable bonds is 3. The first kappa shape index (κ1) is 13.7. The number of hydrogen-bond donors (Lipinski definition) is 2. The number of fused-ring (bicyclic) bond motifs is 1. The van der Waals surface area contributed by atoms with Crippen molar-refractivity contribution < 1.29 is 0 Å². The molecular formula is C14H21N5S. The summed E-state index contributed by atoms with van der Waals surface area (Å²) in [5.41, 5.74) is 3.08. The van der Waals surface area contributed by atoms with E-state index >= 15 is 0 Å². The Morgan fingerprint density at radius 2 is 2.30 bits per heavy atom. The van der Waals surface area contributed by atoms with Gasteiger partial charge in [-0.3, -0.25) is 4.90 Å². The molecular weight excluding hydrogens is 270 g/mol. The molecule has 20 heavy (non-hydrogen) atoms. The molecule has 0 unspecified atom stereocenters. The molecule has 0 amide bonds. The Kier molecular flexibility index (Phi) is 3.62. The van der Waals surface area contributed by atoms with Crippen molar-refractivity contribution in [3.63, 3.8) is 0 Å². The van der Waals surface area contributed by atoms with Gasteiger partial charge in [-0.15, -0.1) is 11.3 Å². The van der Waals surface area contributed by atoms with Gasteiger partial charge < -0.3 is 5.43 Å². The van der Waals surface area contributed by atoms with Crippen LogP contribution >= 0.6 is 11.3 Å². The molecule has 0 atom stereocenters. The summed E-state index contributed by atoms with van der Waals surface area (Å²) >= 11 is 1.63. The predicted octanol–water partition coefficient (Wildman–Crippen LogP) is 2.60. The van der Waals surface area contributed by atoms with Crippen molar-refractivity contribution in [1.82, 2.24) is 14.9 Å². The van der Waals surface area contributed by atoms with Gasteiger partial charge in [0, 0.05) is 6.54 Å². The molecule has 2 aromatic rings. The number of nitrogens with two attached hydrogens (primary N) is 1. The third-order valence-electron chi connectivity index (χ3n) is 3.85. The number of hydrazine groups is 1. The van der Waals surface area contributed by atoms with Gasteiger partial charge in [-0.2, -0.15) is 0 Å². The first-order chi connectivity index (χ1) is 9.57. The molecule has 3 heterocycles. The number of hydrogen-bond acceptors (Lipinski definition) is 6. The molecule has 6 heteroatoms. The maximum atomic E-state index is 5.57. The highest BCUT2D eigenvalue weighted by Gasteiger charge is 2.26. The van der Waals surface area contributed by atoms with E-state index in [0.717, 1.165) is 41.5 Å². The third kappa shape index (κ3) is 2.77. The molecule has 0 spiro atoms. The second kappa shape index (κ2) is 5.27. The van der Waals surface area contributed by atoms with Crippen molar-refractivity contribution in [3.8, 4) is 0 Å². The predicted molar refractivity (Wildman–Crippen MR) is 83.5 cm³/mol. The van der Waals surface area contributed by atoms with Gasteiger partial charge in [-0.25, -0.2) is 15.8 Å². The number of aromatic nitrogens is 2. The average Bonchev–Trinajstić information content (AvgIpc) is 2.84. The molecule has 108 valence electrons. The Hall–Kier alpha value is -1.24. The first-order valence-electron chi connectivity index (χ1n) is 7.00. The molecule has 1 fully saturated rings. The number of nitrogens with zero attached hydrogens (tertiary/aromatic N) is 3. The van der Waals surface area contributed by atoms with Crippen molar-refractivity contribution in [2.75, 3.05) is 18.5 Å². The zero-order valence-electron chi connectivity index (χ0n) is 12.0. The number of thiophene rings is 1. The van der Waals surface area contributed by atoms with Crippen LogP contribution < -0.4 is 11.3 Å². The summed E-state index contributed by atoms with van der Waals surface area (Å²) < 4.78 is 0. The molecule has 2 aromatic heterocycles. The maximum absolute atomic E-state index is 5.57. The monoisotopic (exact) mass is 291 g/mol. The zero-order valence-corrected chi connectivity index (χ0v) is 12.8. The summed E-state index contributed by atoms with van der Waals surface area (Å²) in [5.74, 6) is 7.15.